The van der Waals surface area contributed by atoms with Gasteiger partial charge in [-0.3, -0.25) is 4.79 Å². The molecule has 0 saturated carbocycles. The number of carbonyl (C=O) groups is 1. The van der Waals surface area contributed by atoms with E-state index in [1.165, 1.54) is 0 Å². The highest BCUT2D eigenvalue weighted by molar-refractivity contribution is 7.12. The van der Waals surface area contributed by atoms with E-state index in [4.69, 9.17) is 17.3 Å². The molecule has 2 aromatic rings. The van der Waals surface area contributed by atoms with E-state index in [1.54, 1.807) is 23.5 Å². The maximum atomic E-state index is 11.5. The largest absolute Gasteiger partial charge is 0.369 e. The van der Waals surface area contributed by atoms with Crippen LogP contribution in [0, 0.1) is 6.92 Å². The van der Waals surface area contributed by atoms with Gasteiger partial charge in [0.15, 0.2) is 0 Å². The summed E-state index contributed by atoms with van der Waals surface area (Å²) in [4.78, 5) is 13.6. The van der Waals surface area contributed by atoms with Crippen LogP contribution in [0.5, 0.6) is 0 Å². The summed E-state index contributed by atoms with van der Waals surface area (Å²) >= 11 is 7.37. The second-order valence-corrected chi connectivity index (χ2v) is 5.69. The minimum atomic E-state index is -0.509. The fourth-order valence-corrected chi connectivity index (χ4v) is 2.67. The molecule has 18 heavy (non-hydrogen) atoms. The van der Waals surface area contributed by atoms with E-state index < -0.39 is 11.9 Å². The number of hydrogen-bond acceptors (Lipinski definition) is 3. The number of anilines is 1. The molecule has 1 unspecified atom stereocenters. The summed E-state index contributed by atoms with van der Waals surface area (Å²) in [7, 11) is 0. The van der Waals surface area contributed by atoms with Crippen LogP contribution in [0.4, 0.5) is 5.69 Å². The summed E-state index contributed by atoms with van der Waals surface area (Å²) < 4.78 is 0. The van der Waals surface area contributed by atoms with Crippen molar-refractivity contribution < 1.29 is 4.79 Å². The molecule has 0 bridgehead atoms. The SMILES string of the molecule is Cc1ccc(C(Nc2ccc(Cl)cc2)C(N)=O)s1. The molecular weight excluding hydrogens is 268 g/mol. The minimum absolute atomic E-state index is 0.396. The number of hydrogen-bond donors (Lipinski definition) is 2. The van der Waals surface area contributed by atoms with Crippen LogP contribution in [0.1, 0.15) is 15.8 Å². The summed E-state index contributed by atoms with van der Waals surface area (Å²) in [5.74, 6) is -0.396. The number of benzene rings is 1. The van der Waals surface area contributed by atoms with Crippen molar-refractivity contribution in [3.05, 3.63) is 51.2 Å². The summed E-state index contributed by atoms with van der Waals surface area (Å²) in [6.07, 6.45) is 0. The lowest BCUT2D eigenvalue weighted by atomic mass is 10.2. The number of halogens is 1. The molecule has 5 heteroatoms. The third-order valence-corrected chi connectivity index (χ3v) is 3.80. The van der Waals surface area contributed by atoms with Crippen LogP contribution in [0.15, 0.2) is 36.4 Å². The Morgan fingerprint density at radius 1 is 1.28 bits per heavy atom. The number of nitrogens with two attached hydrogens (primary N) is 1. The Bertz CT molecular complexity index is 550. The van der Waals surface area contributed by atoms with Crippen LogP contribution < -0.4 is 11.1 Å². The molecule has 1 aromatic carbocycles. The van der Waals surface area contributed by atoms with Gasteiger partial charge < -0.3 is 11.1 Å². The molecule has 1 atom stereocenters. The van der Waals surface area contributed by atoms with Gasteiger partial charge >= 0.3 is 0 Å². The molecule has 0 radical (unpaired) electrons. The number of primary amides is 1. The minimum Gasteiger partial charge on any atom is -0.369 e. The predicted molar refractivity (Wildman–Crippen MR) is 76.1 cm³/mol. The Kier molecular flexibility index (Phi) is 3.89. The van der Waals surface area contributed by atoms with E-state index in [0.717, 1.165) is 15.4 Å². The number of nitrogens with one attached hydrogen (secondary N) is 1. The summed E-state index contributed by atoms with van der Waals surface area (Å²) in [6, 6.07) is 10.5. The first-order chi connectivity index (χ1) is 8.56. The summed E-state index contributed by atoms with van der Waals surface area (Å²) in [5.41, 5.74) is 6.25. The monoisotopic (exact) mass is 280 g/mol. The second kappa shape index (κ2) is 5.42. The number of thiophene rings is 1. The second-order valence-electron chi connectivity index (χ2n) is 3.94. The lowest BCUT2D eigenvalue weighted by Gasteiger charge is -2.15. The first kappa shape index (κ1) is 12.9. The molecule has 0 aliphatic carbocycles. The van der Waals surface area contributed by atoms with Gasteiger partial charge in [0.2, 0.25) is 5.91 Å². The van der Waals surface area contributed by atoms with Crippen LogP contribution in [-0.2, 0) is 4.79 Å². The van der Waals surface area contributed by atoms with Crippen molar-refractivity contribution >= 4 is 34.5 Å². The quantitative estimate of drug-likeness (QED) is 0.902. The molecular formula is C13H13ClN2OS. The summed E-state index contributed by atoms with van der Waals surface area (Å²) in [6.45, 7) is 1.99. The third-order valence-electron chi connectivity index (χ3n) is 2.49. The smallest absolute Gasteiger partial charge is 0.245 e. The van der Waals surface area contributed by atoms with E-state index in [0.29, 0.717) is 5.02 Å². The zero-order valence-electron chi connectivity index (χ0n) is 9.81. The number of amides is 1. The predicted octanol–water partition coefficient (Wildman–Crippen LogP) is 3.35. The maximum Gasteiger partial charge on any atom is 0.245 e. The van der Waals surface area contributed by atoms with Crippen molar-refractivity contribution in [1.82, 2.24) is 0 Å². The zero-order chi connectivity index (χ0) is 13.1. The van der Waals surface area contributed by atoms with Gasteiger partial charge in [-0.2, -0.15) is 0 Å². The first-order valence-corrected chi connectivity index (χ1v) is 6.63. The molecule has 0 aliphatic rings. The van der Waals surface area contributed by atoms with E-state index in [-0.39, 0.29) is 0 Å². The average Bonchev–Trinajstić information content (AvgIpc) is 2.74. The molecule has 0 saturated heterocycles. The molecule has 1 heterocycles. The molecule has 2 rings (SSSR count). The van der Waals surface area contributed by atoms with Gasteiger partial charge in [-0.05, 0) is 43.3 Å². The molecule has 3 N–H and O–H groups in total. The average molecular weight is 281 g/mol. The van der Waals surface area contributed by atoms with Crippen molar-refractivity contribution in [2.45, 2.75) is 13.0 Å². The van der Waals surface area contributed by atoms with Crippen molar-refractivity contribution in [2.75, 3.05) is 5.32 Å². The highest BCUT2D eigenvalue weighted by Gasteiger charge is 2.19. The zero-order valence-corrected chi connectivity index (χ0v) is 11.4. The Balaban J connectivity index is 2.22. The first-order valence-electron chi connectivity index (χ1n) is 5.44. The highest BCUT2D eigenvalue weighted by atomic mass is 35.5. The fraction of sp³-hybridized carbons (Fsp3) is 0.154. The van der Waals surface area contributed by atoms with Gasteiger partial charge in [-0.15, -0.1) is 11.3 Å². The van der Waals surface area contributed by atoms with E-state index >= 15 is 0 Å². The molecule has 1 amide bonds. The topological polar surface area (TPSA) is 55.1 Å². The van der Waals surface area contributed by atoms with Gasteiger partial charge in [0, 0.05) is 20.5 Å². The lowest BCUT2D eigenvalue weighted by molar-refractivity contribution is -0.118. The molecule has 1 aromatic heterocycles. The van der Waals surface area contributed by atoms with Gasteiger partial charge in [0.1, 0.15) is 6.04 Å². The van der Waals surface area contributed by atoms with Crippen LogP contribution in [-0.4, -0.2) is 5.91 Å². The van der Waals surface area contributed by atoms with Gasteiger partial charge in [-0.1, -0.05) is 11.6 Å². The lowest BCUT2D eigenvalue weighted by Crippen LogP contribution is -2.26. The number of carbonyl (C=O) groups excluding carboxylic acids is 1. The van der Waals surface area contributed by atoms with Gasteiger partial charge in [-0.25, -0.2) is 0 Å². The Labute approximate surface area is 115 Å². The van der Waals surface area contributed by atoms with E-state index in [9.17, 15) is 4.79 Å². The molecule has 0 fully saturated rings. The fourth-order valence-electron chi connectivity index (χ4n) is 1.60. The molecule has 94 valence electrons. The Hall–Kier alpha value is -1.52. The van der Waals surface area contributed by atoms with Crippen molar-refractivity contribution in [3.8, 4) is 0 Å². The number of aryl methyl sites for hydroxylation is 1. The third kappa shape index (κ3) is 3.03. The highest BCUT2D eigenvalue weighted by Crippen LogP contribution is 2.26. The van der Waals surface area contributed by atoms with E-state index in [2.05, 4.69) is 5.32 Å². The van der Waals surface area contributed by atoms with Crippen LogP contribution in [0.25, 0.3) is 0 Å². The standard InChI is InChI=1S/C13H13ClN2OS/c1-8-2-7-11(18-8)12(13(15)17)16-10-5-3-9(14)4-6-10/h2-7,12,16H,1H3,(H2,15,17). The summed E-state index contributed by atoms with van der Waals surface area (Å²) in [5, 5.41) is 3.77. The van der Waals surface area contributed by atoms with Gasteiger partial charge in [0.25, 0.3) is 0 Å². The van der Waals surface area contributed by atoms with Crippen molar-refractivity contribution in [3.63, 3.8) is 0 Å². The van der Waals surface area contributed by atoms with Crippen molar-refractivity contribution in [2.24, 2.45) is 5.73 Å². The molecule has 0 spiro atoms. The van der Waals surface area contributed by atoms with Gasteiger partial charge in [0.05, 0.1) is 0 Å². The van der Waals surface area contributed by atoms with Crippen molar-refractivity contribution in [1.29, 1.82) is 0 Å². The van der Waals surface area contributed by atoms with Crippen LogP contribution in [0.3, 0.4) is 0 Å². The molecule has 3 nitrogen and oxygen atoms in total. The Morgan fingerprint density at radius 3 is 2.44 bits per heavy atom. The Morgan fingerprint density at radius 2 is 1.94 bits per heavy atom. The van der Waals surface area contributed by atoms with Crippen LogP contribution in [0.2, 0.25) is 5.02 Å². The maximum absolute atomic E-state index is 11.5. The van der Waals surface area contributed by atoms with E-state index in [1.807, 2.05) is 31.2 Å². The number of rotatable bonds is 4. The van der Waals surface area contributed by atoms with Crippen LogP contribution >= 0.6 is 22.9 Å². The normalized spacial score (nSPS) is 12.1. The molecule has 0 aliphatic heterocycles.